The van der Waals surface area contributed by atoms with Crippen molar-refractivity contribution in [3.8, 4) is 5.69 Å². The van der Waals surface area contributed by atoms with E-state index in [4.69, 9.17) is 4.74 Å². The zero-order valence-electron chi connectivity index (χ0n) is 21.0. The first-order valence-corrected chi connectivity index (χ1v) is 12.0. The second kappa shape index (κ2) is 9.90. The van der Waals surface area contributed by atoms with E-state index in [1.54, 1.807) is 29.4 Å². The van der Waals surface area contributed by atoms with Crippen molar-refractivity contribution >= 4 is 17.8 Å². The van der Waals surface area contributed by atoms with Gasteiger partial charge >= 0.3 is 6.09 Å². The van der Waals surface area contributed by atoms with Gasteiger partial charge in [-0.3, -0.25) is 4.79 Å². The molecule has 3 heterocycles. The number of piperidine rings is 1. The number of anilines is 1. The number of hydrogen-bond acceptors (Lipinski definition) is 5. The number of aromatic nitrogens is 3. The molecule has 1 aliphatic heterocycles. The molecule has 8 nitrogen and oxygen atoms in total. The average molecular weight is 476 g/mol. The van der Waals surface area contributed by atoms with Crippen molar-refractivity contribution in [1.29, 1.82) is 0 Å². The number of aryl methyl sites for hydroxylation is 2. The van der Waals surface area contributed by atoms with E-state index in [9.17, 15) is 9.59 Å². The van der Waals surface area contributed by atoms with Crippen molar-refractivity contribution < 1.29 is 14.3 Å². The molecular weight excluding hydrogens is 442 g/mol. The molecule has 2 amide bonds. The standard InChI is InChI=1S/C27H33N5O3/c1-18-9-10-21(16-19(18)2)32-24(20-11-14-31(15-12-20)26(34)35-27(3,4)5)22(17-29-32)25(33)30-23-8-6-7-13-28-23/h6-10,13,16-17,20H,11-12,14-15H2,1-5H3,(H,28,30,33). The lowest BCUT2D eigenvalue weighted by molar-refractivity contribution is 0.0203. The van der Waals surface area contributed by atoms with Gasteiger partial charge in [0.15, 0.2) is 0 Å². The third-order valence-corrected chi connectivity index (χ3v) is 6.23. The van der Waals surface area contributed by atoms with Gasteiger partial charge in [0, 0.05) is 25.2 Å². The Morgan fingerprint density at radius 1 is 1.06 bits per heavy atom. The first kappa shape index (κ1) is 24.4. The molecule has 0 radical (unpaired) electrons. The van der Waals surface area contributed by atoms with E-state index in [0.29, 0.717) is 37.3 Å². The van der Waals surface area contributed by atoms with Crippen molar-refractivity contribution in [2.24, 2.45) is 0 Å². The Hall–Kier alpha value is -3.68. The Morgan fingerprint density at radius 2 is 1.80 bits per heavy atom. The molecule has 0 unspecified atom stereocenters. The fraction of sp³-hybridized carbons (Fsp3) is 0.407. The Balaban J connectivity index is 1.63. The second-order valence-corrected chi connectivity index (χ2v) is 10.0. The molecule has 2 aromatic heterocycles. The van der Waals surface area contributed by atoms with Gasteiger partial charge in [-0.25, -0.2) is 14.5 Å². The number of hydrogen-bond donors (Lipinski definition) is 1. The van der Waals surface area contributed by atoms with Gasteiger partial charge in [0.25, 0.3) is 5.91 Å². The number of carbonyl (C=O) groups is 2. The van der Waals surface area contributed by atoms with Gasteiger partial charge in [-0.15, -0.1) is 0 Å². The molecule has 0 atom stereocenters. The summed E-state index contributed by atoms with van der Waals surface area (Å²) in [5.74, 6) is 0.299. The van der Waals surface area contributed by atoms with Crippen molar-refractivity contribution in [3.05, 3.63) is 71.2 Å². The highest BCUT2D eigenvalue weighted by Crippen LogP contribution is 2.33. The average Bonchev–Trinajstić information content (AvgIpc) is 3.26. The van der Waals surface area contributed by atoms with E-state index in [1.165, 1.54) is 5.56 Å². The largest absolute Gasteiger partial charge is 0.444 e. The predicted octanol–water partition coefficient (Wildman–Crippen LogP) is 5.25. The molecule has 0 spiro atoms. The molecule has 1 aromatic carbocycles. The summed E-state index contributed by atoms with van der Waals surface area (Å²) in [7, 11) is 0. The number of likely N-dealkylation sites (tertiary alicyclic amines) is 1. The molecule has 1 N–H and O–H groups in total. The van der Waals surface area contributed by atoms with Gasteiger partial charge in [0.05, 0.1) is 23.1 Å². The number of benzene rings is 1. The quantitative estimate of drug-likeness (QED) is 0.557. The minimum absolute atomic E-state index is 0.0577. The Labute approximate surface area is 206 Å². The third-order valence-electron chi connectivity index (χ3n) is 6.23. The van der Waals surface area contributed by atoms with E-state index in [-0.39, 0.29) is 17.9 Å². The maximum absolute atomic E-state index is 13.3. The fourth-order valence-corrected chi connectivity index (χ4v) is 4.27. The molecule has 1 saturated heterocycles. The van der Waals surface area contributed by atoms with Crippen LogP contribution in [-0.2, 0) is 4.74 Å². The highest BCUT2D eigenvalue weighted by molar-refractivity contribution is 6.04. The summed E-state index contributed by atoms with van der Waals surface area (Å²) in [5, 5.41) is 7.52. The topological polar surface area (TPSA) is 89.4 Å². The molecule has 184 valence electrons. The monoisotopic (exact) mass is 475 g/mol. The van der Waals surface area contributed by atoms with Gasteiger partial charge in [0.1, 0.15) is 11.4 Å². The molecule has 1 aliphatic rings. The van der Waals surface area contributed by atoms with Gasteiger partial charge in [-0.1, -0.05) is 12.1 Å². The molecule has 8 heteroatoms. The zero-order valence-corrected chi connectivity index (χ0v) is 21.0. The fourth-order valence-electron chi connectivity index (χ4n) is 4.27. The van der Waals surface area contributed by atoms with Crippen molar-refractivity contribution in [1.82, 2.24) is 19.7 Å². The predicted molar refractivity (Wildman–Crippen MR) is 135 cm³/mol. The summed E-state index contributed by atoms with van der Waals surface area (Å²) in [4.78, 5) is 31.8. The van der Waals surface area contributed by atoms with Gasteiger partial charge in [-0.05, 0) is 82.9 Å². The summed E-state index contributed by atoms with van der Waals surface area (Å²) < 4.78 is 7.42. The van der Waals surface area contributed by atoms with E-state index >= 15 is 0 Å². The number of carbonyl (C=O) groups excluding carboxylic acids is 2. The van der Waals surface area contributed by atoms with E-state index in [0.717, 1.165) is 16.9 Å². The van der Waals surface area contributed by atoms with Gasteiger partial charge in [-0.2, -0.15) is 5.10 Å². The van der Waals surface area contributed by atoms with Crippen molar-refractivity contribution in [2.75, 3.05) is 18.4 Å². The highest BCUT2D eigenvalue weighted by Gasteiger charge is 2.32. The van der Waals surface area contributed by atoms with Crippen LogP contribution in [0.1, 0.15) is 66.7 Å². The number of amides is 2. The van der Waals surface area contributed by atoms with Crippen LogP contribution in [0.5, 0.6) is 0 Å². The molecule has 0 bridgehead atoms. The summed E-state index contributed by atoms with van der Waals surface area (Å²) in [5.41, 5.74) is 4.10. The van der Waals surface area contributed by atoms with Crippen LogP contribution in [0.2, 0.25) is 0 Å². The van der Waals surface area contributed by atoms with Crippen LogP contribution in [-0.4, -0.2) is 50.4 Å². The number of nitrogens with one attached hydrogen (secondary N) is 1. The minimum atomic E-state index is -0.535. The maximum Gasteiger partial charge on any atom is 0.410 e. The highest BCUT2D eigenvalue weighted by atomic mass is 16.6. The normalized spacial score (nSPS) is 14.6. The lowest BCUT2D eigenvalue weighted by Crippen LogP contribution is -2.41. The number of rotatable bonds is 4. The summed E-state index contributed by atoms with van der Waals surface area (Å²) in [6.07, 6.45) is 4.38. The Kier molecular flexibility index (Phi) is 6.91. The Morgan fingerprint density at radius 3 is 2.43 bits per heavy atom. The van der Waals surface area contributed by atoms with Gasteiger partial charge < -0.3 is 15.0 Å². The smallest absolute Gasteiger partial charge is 0.410 e. The Bertz CT molecular complexity index is 1210. The maximum atomic E-state index is 13.3. The van der Waals surface area contributed by atoms with E-state index < -0.39 is 5.60 Å². The molecule has 1 fully saturated rings. The van der Waals surface area contributed by atoms with E-state index in [2.05, 4.69) is 41.4 Å². The molecule has 3 aromatic rings. The van der Waals surface area contributed by atoms with Crippen molar-refractivity contribution in [3.63, 3.8) is 0 Å². The van der Waals surface area contributed by atoms with Crippen LogP contribution in [0.3, 0.4) is 0 Å². The summed E-state index contributed by atoms with van der Waals surface area (Å²) >= 11 is 0. The summed E-state index contributed by atoms with van der Waals surface area (Å²) in [6, 6.07) is 11.6. The van der Waals surface area contributed by atoms with Crippen LogP contribution in [0.4, 0.5) is 10.6 Å². The molecule has 0 aliphatic carbocycles. The number of pyridine rings is 1. The molecule has 35 heavy (non-hydrogen) atoms. The van der Waals surface area contributed by atoms with Crippen LogP contribution >= 0.6 is 0 Å². The van der Waals surface area contributed by atoms with Crippen LogP contribution in [0, 0.1) is 13.8 Å². The first-order valence-electron chi connectivity index (χ1n) is 12.0. The minimum Gasteiger partial charge on any atom is -0.444 e. The van der Waals surface area contributed by atoms with E-state index in [1.807, 2.05) is 37.6 Å². The van der Waals surface area contributed by atoms with Gasteiger partial charge in [0.2, 0.25) is 0 Å². The van der Waals surface area contributed by atoms with Crippen LogP contribution < -0.4 is 5.32 Å². The zero-order chi connectivity index (χ0) is 25.2. The third kappa shape index (κ3) is 5.70. The summed E-state index contributed by atoms with van der Waals surface area (Å²) in [6.45, 7) is 10.8. The first-order chi connectivity index (χ1) is 16.6. The lowest BCUT2D eigenvalue weighted by atomic mass is 9.90. The molecule has 0 saturated carbocycles. The van der Waals surface area contributed by atoms with Crippen LogP contribution in [0.15, 0.2) is 48.8 Å². The van der Waals surface area contributed by atoms with Crippen LogP contribution in [0.25, 0.3) is 5.69 Å². The molecular formula is C27H33N5O3. The lowest BCUT2D eigenvalue weighted by Gasteiger charge is -2.34. The van der Waals surface area contributed by atoms with Crippen molar-refractivity contribution in [2.45, 2.75) is 59.0 Å². The second-order valence-electron chi connectivity index (χ2n) is 10.0. The molecule has 4 rings (SSSR count). The number of nitrogens with zero attached hydrogens (tertiary/aromatic N) is 4. The SMILES string of the molecule is Cc1ccc(-n2ncc(C(=O)Nc3ccccn3)c2C2CCN(C(=O)OC(C)(C)C)CC2)cc1C. The number of ether oxygens (including phenoxy) is 1.